The second-order valence-electron chi connectivity index (χ2n) is 19.9. The number of carbonyl (C=O) groups excluding carboxylic acids is 1. The third-order valence-corrected chi connectivity index (χ3v) is 12.9. The first-order valence-electron chi connectivity index (χ1n) is 28.2. The highest BCUT2D eigenvalue weighted by molar-refractivity contribution is 7.45. The van der Waals surface area contributed by atoms with Crippen molar-refractivity contribution < 1.29 is 32.9 Å². The number of carbonyl (C=O) groups is 1. The number of hydrogen-bond acceptors (Lipinski definition) is 6. The lowest BCUT2D eigenvalue weighted by Gasteiger charge is -2.29. The maximum absolute atomic E-state index is 12.9. The molecule has 0 aromatic rings. The minimum atomic E-state index is -4.63. The predicted molar refractivity (Wildman–Crippen MR) is 302 cm³/mol. The minimum Gasteiger partial charge on any atom is -0.756 e. The van der Waals surface area contributed by atoms with Gasteiger partial charge in [-0.25, -0.2) is 0 Å². The van der Waals surface area contributed by atoms with Crippen molar-refractivity contribution in [1.82, 2.24) is 5.32 Å². The van der Waals surface area contributed by atoms with Crippen LogP contribution >= 0.6 is 7.82 Å². The lowest BCUT2D eigenvalue weighted by atomic mass is 10.0. The Kier molecular flexibility index (Phi) is 49.0. The van der Waals surface area contributed by atoms with Crippen molar-refractivity contribution in [2.75, 3.05) is 40.9 Å². The predicted octanol–water partition coefficient (Wildman–Crippen LogP) is 16.6. The number of likely N-dealkylation sites (N-methyl/N-ethyl adjacent to an activating group) is 1. The van der Waals surface area contributed by atoms with Crippen LogP contribution in [-0.4, -0.2) is 68.5 Å². The monoisotopic (exact) mass is 995 g/mol. The third kappa shape index (κ3) is 53.0. The number of rotatable bonds is 50. The molecule has 3 atom stereocenters. The van der Waals surface area contributed by atoms with E-state index < -0.39 is 26.6 Å². The van der Waals surface area contributed by atoms with E-state index in [0.717, 1.165) is 70.6 Å². The summed E-state index contributed by atoms with van der Waals surface area (Å²) in [6.45, 7) is 4.47. The highest BCUT2D eigenvalue weighted by Crippen LogP contribution is 2.38. The Hall–Kier alpha value is -2.84. The van der Waals surface area contributed by atoms with Gasteiger partial charge in [-0.2, -0.15) is 0 Å². The van der Waals surface area contributed by atoms with Crippen LogP contribution in [0.2, 0.25) is 0 Å². The van der Waals surface area contributed by atoms with E-state index in [1.54, 1.807) is 6.08 Å². The van der Waals surface area contributed by atoms with Crippen LogP contribution < -0.4 is 10.2 Å². The fraction of sp³-hybridized carbons (Fsp3) is 0.689. The average molecular weight is 996 g/mol. The molecule has 0 aliphatic heterocycles. The third-order valence-electron chi connectivity index (χ3n) is 12.0. The summed E-state index contributed by atoms with van der Waals surface area (Å²) in [5.41, 5.74) is 0. The fourth-order valence-electron chi connectivity index (χ4n) is 7.57. The number of phosphoric acid groups is 1. The maximum Gasteiger partial charge on any atom is 0.268 e. The Morgan fingerprint density at radius 1 is 0.514 bits per heavy atom. The van der Waals surface area contributed by atoms with E-state index in [0.29, 0.717) is 17.4 Å². The molecule has 402 valence electrons. The Balaban J connectivity index is 4.41. The summed E-state index contributed by atoms with van der Waals surface area (Å²) in [4.78, 5) is 25.5. The number of nitrogens with one attached hydrogen (secondary N) is 1. The summed E-state index contributed by atoms with van der Waals surface area (Å²) in [5, 5.41) is 13.8. The molecule has 70 heavy (non-hydrogen) atoms. The number of allylic oxidation sites excluding steroid dienone is 17. The number of nitrogens with zero attached hydrogens (tertiary/aromatic N) is 1. The SMILES string of the molecule is CC/C=C\C/C=C\C/C=C\C/C=C\C/C=C\C/C=C\C/C=C\CCCC(=O)NC(COP(=O)([O-])OCC[N+](C)(C)C)C(O)/C=C/CC/C=C/CCCCCCCCCCCCCCCCCCCCC. The van der Waals surface area contributed by atoms with Crippen molar-refractivity contribution in [1.29, 1.82) is 0 Å². The molecule has 2 N–H and O–H groups in total. The molecule has 0 aromatic carbocycles. The van der Waals surface area contributed by atoms with Gasteiger partial charge in [-0.1, -0.05) is 239 Å². The molecule has 0 saturated carbocycles. The van der Waals surface area contributed by atoms with Crippen LogP contribution in [0.1, 0.15) is 219 Å². The van der Waals surface area contributed by atoms with E-state index in [9.17, 15) is 19.4 Å². The first kappa shape index (κ1) is 67.2. The molecule has 0 bridgehead atoms. The number of phosphoric ester groups is 1. The van der Waals surface area contributed by atoms with E-state index >= 15 is 0 Å². The molecular formula is C61H107N2O6P. The second kappa shape index (κ2) is 51.1. The van der Waals surface area contributed by atoms with Crippen LogP contribution in [-0.2, 0) is 18.4 Å². The first-order chi connectivity index (χ1) is 34.0. The number of unbranched alkanes of at least 4 members (excludes halogenated alkanes) is 21. The largest absolute Gasteiger partial charge is 0.756 e. The number of quaternary nitrogens is 1. The summed E-state index contributed by atoms with van der Waals surface area (Å²) < 4.78 is 23.3. The van der Waals surface area contributed by atoms with Gasteiger partial charge < -0.3 is 28.8 Å². The Morgan fingerprint density at radius 2 is 0.886 bits per heavy atom. The molecule has 0 spiro atoms. The quantitative estimate of drug-likeness (QED) is 0.0272. The van der Waals surface area contributed by atoms with Crippen molar-refractivity contribution in [2.24, 2.45) is 0 Å². The van der Waals surface area contributed by atoms with Gasteiger partial charge in [0, 0.05) is 6.42 Å². The van der Waals surface area contributed by atoms with Crippen LogP contribution in [0.15, 0.2) is 109 Å². The van der Waals surface area contributed by atoms with Gasteiger partial charge in [0.2, 0.25) is 5.91 Å². The van der Waals surface area contributed by atoms with E-state index in [1.165, 1.54) is 122 Å². The van der Waals surface area contributed by atoms with E-state index in [4.69, 9.17) is 9.05 Å². The normalized spacial score (nSPS) is 14.8. The zero-order chi connectivity index (χ0) is 51.3. The van der Waals surface area contributed by atoms with Crippen LogP contribution in [0.5, 0.6) is 0 Å². The lowest BCUT2D eigenvalue weighted by Crippen LogP contribution is -2.45. The molecule has 0 rings (SSSR count). The van der Waals surface area contributed by atoms with Gasteiger partial charge >= 0.3 is 0 Å². The summed E-state index contributed by atoms with van der Waals surface area (Å²) in [7, 11) is 1.19. The topological polar surface area (TPSA) is 108 Å². The first-order valence-corrected chi connectivity index (χ1v) is 29.7. The van der Waals surface area contributed by atoms with Crippen LogP contribution in [0, 0.1) is 0 Å². The van der Waals surface area contributed by atoms with Crippen molar-refractivity contribution in [2.45, 2.75) is 231 Å². The average Bonchev–Trinajstić information content (AvgIpc) is 3.32. The molecular weight excluding hydrogens is 888 g/mol. The number of hydrogen-bond donors (Lipinski definition) is 2. The number of aliphatic hydroxyl groups is 1. The Labute approximate surface area is 431 Å². The van der Waals surface area contributed by atoms with E-state index in [2.05, 4.69) is 116 Å². The van der Waals surface area contributed by atoms with Gasteiger partial charge in [0.05, 0.1) is 39.9 Å². The molecule has 0 fully saturated rings. The Bertz CT molecular complexity index is 1500. The molecule has 8 nitrogen and oxygen atoms in total. The van der Waals surface area contributed by atoms with Crippen molar-refractivity contribution in [3.8, 4) is 0 Å². The van der Waals surface area contributed by atoms with Gasteiger partial charge in [0.25, 0.3) is 7.82 Å². The summed E-state index contributed by atoms with van der Waals surface area (Å²) in [5.74, 6) is -0.268. The van der Waals surface area contributed by atoms with Gasteiger partial charge in [-0.15, -0.1) is 0 Å². The molecule has 1 amide bonds. The fourth-order valence-corrected chi connectivity index (χ4v) is 8.29. The standard InChI is InChI=1S/C61H107N2O6P/c1-6-8-10-12-14-16-18-20-22-24-26-28-30-31-33-34-36-38-40-42-44-46-48-50-52-54-60(64)59(58-69-70(66,67)68-57-56-63(3,4)5)62-61(65)55-53-51-49-47-45-43-41-39-37-35-32-29-27-25-23-21-19-17-15-13-11-9-7-2/h9,11,15,17,21,23,27,29,35,37,41,43-44,46-47,49,52,54,59-60,64H,6-8,10,12-14,16,18-20,22,24-26,28,30-34,36,38-40,42,45,48,50-51,53,55-58H2,1-5H3,(H-,62,65,66,67)/b11-9-,17-15-,23-21-,29-27-,37-35-,43-41-,46-44+,49-47-,54-52+. The van der Waals surface area contributed by atoms with Crippen molar-refractivity contribution in [3.05, 3.63) is 109 Å². The summed E-state index contributed by atoms with van der Waals surface area (Å²) in [6, 6.07) is -0.943. The molecule has 0 aliphatic rings. The van der Waals surface area contributed by atoms with E-state index in [-0.39, 0.29) is 18.9 Å². The maximum atomic E-state index is 12.9. The molecule has 0 heterocycles. The second-order valence-corrected chi connectivity index (χ2v) is 21.3. The van der Waals surface area contributed by atoms with Gasteiger partial charge in [-0.3, -0.25) is 9.36 Å². The molecule has 9 heteroatoms. The smallest absolute Gasteiger partial charge is 0.268 e. The molecule has 0 aromatic heterocycles. The zero-order valence-electron chi connectivity index (χ0n) is 45.7. The van der Waals surface area contributed by atoms with Crippen LogP contribution in [0.25, 0.3) is 0 Å². The zero-order valence-corrected chi connectivity index (χ0v) is 46.6. The molecule has 0 aliphatic carbocycles. The summed E-state index contributed by atoms with van der Waals surface area (Å²) >= 11 is 0. The van der Waals surface area contributed by atoms with Gasteiger partial charge in [-0.05, 0) is 83.5 Å². The van der Waals surface area contributed by atoms with Crippen molar-refractivity contribution >= 4 is 13.7 Å². The molecule has 3 unspecified atom stereocenters. The Morgan fingerprint density at radius 3 is 1.33 bits per heavy atom. The van der Waals surface area contributed by atoms with Crippen LogP contribution in [0.3, 0.4) is 0 Å². The number of amides is 1. The number of aliphatic hydroxyl groups excluding tert-OH is 1. The molecule has 0 saturated heterocycles. The molecule has 0 radical (unpaired) electrons. The highest BCUT2D eigenvalue weighted by atomic mass is 31.2. The van der Waals surface area contributed by atoms with Gasteiger partial charge in [0.15, 0.2) is 0 Å². The highest BCUT2D eigenvalue weighted by Gasteiger charge is 2.23. The van der Waals surface area contributed by atoms with Crippen molar-refractivity contribution in [3.63, 3.8) is 0 Å². The van der Waals surface area contributed by atoms with Gasteiger partial charge in [0.1, 0.15) is 13.2 Å². The van der Waals surface area contributed by atoms with Crippen LogP contribution in [0.4, 0.5) is 0 Å². The van der Waals surface area contributed by atoms with E-state index in [1.807, 2.05) is 27.2 Å². The lowest BCUT2D eigenvalue weighted by molar-refractivity contribution is -0.870. The minimum absolute atomic E-state index is 0.0234. The summed E-state index contributed by atoms with van der Waals surface area (Å²) in [6.07, 6.45) is 74.6.